The minimum atomic E-state index is -0.218. The smallest absolute Gasteiger partial charge is 0.254 e. The average Bonchev–Trinajstić information content (AvgIpc) is 3.56. The van der Waals surface area contributed by atoms with Crippen LogP contribution in [0, 0.1) is 11.8 Å². The third-order valence-electron chi connectivity index (χ3n) is 5.81. The van der Waals surface area contributed by atoms with Gasteiger partial charge in [0, 0.05) is 41.3 Å². The molecule has 7 nitrogen and oxygen atoms in total. The Morgan fingerprint density at radius 2 is 1.81 bits per heavy atom. The van der Waals surface area contributed by atoms with Gasteiger partial charge in [0.1, 0.15) is 5.00 Å². The van der Waals surface area contributed by atoms with Gasteiger partial charge in [-0.15, -0.1) is 11.3 Å². The van der Waals surface area contributed by atoms with E-state index in [0.29, 0.717) is 29.2 Å². The fourth-order valence-electron chi connectivity index (χ4n) is 3.84. The van der Waals surface area contributed by atoms with Crippen LogP contribution in [0.5, 0.6) is 0 Å². The van der Waals surface area contributed by atoms with E-state index in [1.54, 1.807) is 24.5 Å². The number of carbonyl (C=O) groups excluding carboxylic acids is 3. The van der Waals surface area contributed by atoms with Crippen LogP contribution in [-0.2, 0) is 22.4 Å². The lowest BCUT2D eigenvalue weighted by Crippen LogP contribution is -2.30. The normalized spacial score (nSPS) is 17.5. The fourth-order valence-corrected chi connectivity index (χ4v) is 5.09. The lowest BCUT2D eigenvalue weighted by atomic mass is 9.85. The summed E-state index contributed by atoms with van der Waals surface area (Å²) in [6.45, 7) is 2.67. The largest absolute Gasteiger partial charge is 0.352 e. The molecule has 4 rings (SSSR count). The Kier molecular flexibility index (Phi) is 6.65. The Morgan fingerprint density at radius 1 is 1.06 bits per heavy atom. The number of nitrogens with zero attached hydrogens (tertiary/aromatic N) is 1. The summed E-state index contributed by atoms with van der Waals surface area (Å²) in [4.78, 5) is 43.4. The first-order valence-electron chi connectivity index (χ1n) is 11.0. The lowest BCUT2D eigenvalue weighted by molar-refractivity contribution is -0.120. The van der Waals surface area contributed by atoms with E-state index in [0.717, 1.165) is 49.0 Å². The molecule has 2 aliphatic rings. The van der Waals surface area contributed by atoms with Crippen molar-refractivity contribution < 1.29 is 14.4 Å². The Bertz CT molecular complexity index is 969. The summed E-state index contributed by atoms with van der Waals surface area (Å²) in [5.74, 6) is -0.372. The van der Waals surface area contributed by atoms with E-state index >= 15 is 0 Å². The van der Waals surface area contributed by atoms with Crippen molar-refractivity contribution in [3.05, 3.63) is 40.5 Å². The van der Waals surface area contributed by atoms with E-state index in [1.165, 1.54) is 11.3 Å². The third-order valence-corrected chi connectivity index (χ3v) is 7.01. The molecule has 3 amide bonds. The van der Waals surface area contributed by atoms with Crippen LogP contribution in [0.3, 0.4) is 0 Å². The van der Waals surface area contributed by atoms with Crippen LogP contribution >= 0.6 is 11.3 Å². The molecule has 2 aliphatic carbocycles. The Morgan fingerprint density at radius 3 is 2.52 bits per heavy atom. The highest BCUT2D eigenvalue weighted by Gasteiger charge is 2.35. The Balaban J connectivity index is 1.54. The molecule has 0 spiro atoms. The van der Waals surface area contributed by atoms with Crippen LogP contribution < -0.4 is 16.0 Å². The number of nitrogens with one attached hydrogen (secondary N) is 3. The highest BCUT2D eigenvalue weighted by Crippen LogP contribution is 2.41. The van der Waals surface area contributed by atoms with Crippen molar-refractivity contribution >= 4 is 39.7 Å². The van der Waals surface area contributed by atoms with Crippen molar-refractivity contribution in [1.82, 2.24) is 10.3 Å². The summed E-state index contributed by atoms with van der Waals surface area (Å²) in [6.07, 6.45) is 8.93. The molecule has 0 saturated heterocycles. The van der Waals surface area contributed by atoms with Gasteiger partial charge in [-0.1, -0.05) is 13.3 Å². The minimum absolute atomic E-state index is 0.00631. The highest BCUT2D eigenvalue weighted by atomic mass is 32.1. The molecule has 0 aromatic carbocycles. The van der Waals surface area contributed by atoms with Crippen LogP contribution in [0.15, 0.2) is 24.5 Å². The first kappa shape index (κ1) is 21.5. The topological polar surface area (TPSA) is 100 Å². The minimum Gasteiger partial charge on any atom is -0.352 e. The van der Waals surface area contributed by atoms with E-state index in [4.69, 9.17) is 0 Å². The molecule has 2 aromatic heterocycles. The number of pyridine rings is 1. The summed E-state index contributed by atoms with van der Waals surface area (Å²) in [5, 5.41) is 9.56. The summed E-state index contributed by atoms with van der Waals surface area (Å²) in [7, 11) is 0. The number of rotatable bonds is 8. The first-order valence-corrected chi connectivity index (χ1v) is 11.8. The van der Waals surface area contributed by atoms with Crippen LogP contribution in [-0.4, -0.2) is 29.3 Å². The number of fused-ring (bicyclic) bond motifs is 1. The number of thiophene rings is 1. The third kappa shape index (κ3) is 5.12. The maximum absolute atomic E-state index is 13.0. The van der Waals surface area contributed by atoms with Gasteiger partial charge in [0.05, 0.1) is 5.56 Å². The van der Waals surface area contributed by atoms with Gasteiger partial charge in [-0.05, 0) is 56.2 Å². The average molecular weight is 441 g/mol. The van der Waals surface area contributed by atoms with Gasteiger partial charge in [0.2, 0.25) is 11.8 Å². The zero-order valence-electron chi connectivity index (χ0n) is 17.7. The molecule has 0 aliphatic heterocycles. The quantitative estimate of drug-likeness (QED) is 0.544. The van der Waals surface area contributed by atoms with E-state index in [9.17, 15) is 14.4 Å². The molecule has 0 bridgehead atoms. The van der Waals surface area contributed by atoms with Gasteiger partial charge < -0.3 is 16.0 Å². The van der Waals surface area contributed by atoms with Crippen molar-refractivity contribution in [3.8, 4) is 0 Å². The van der Waals surface area contributed by atoms with Crippen LogP contribution in [0.25, 0.3) is 0 Å². The van der Waals surface area contributed by atoms with Crippen LogP contribution in [0.2, 0.25) is 0 Å². The maximum Gasteiger partial charge on any atom is 0.254 e. The van der Waals surface area contributed by atoms with Crippen LogP contribution in [0.4, 0.5) is 10.7 Å². The van der Waals surface area contributed by atoms with E-state index < -0.39 is 0 Å². The SMILES string of the molecule is CCCCNC(=O)c1c(NC(=O)C2CC2)sc2c1CC(C(=O)Nc1ccncc1)CC2. The molecular formula is C23H28N4O3S. The molecular weight excluding hydrogens is 412 g/mol. The highest BCUT2D eigenvalue weighted by molar-refractivity contribution is 7.17. The number of aromatic nitrogens is 1. The second-order valence-corrected chi connectivity index (χ2v) is 9.35. The molecule has 1 saturated carbocycles. The molecule has 164 valence electrons. The van der Waals surface area contributed by atoms with Crippen molar-refractivity contribution in [2.75, 3.05) is 17.2 Å². The maximum atomic E-state index is 13.0. The molecule has 3 N–H and O–H groups in total. The van der Waals surface area contributed by atoms with Crippen molar-refractivity contribution in [2.24, 2.45) is 11.8 Å². The van der Waals surface area contributed by atoms with Gasteiger partial charge in [0.15, 0.2) is 0 Å². The van der Waals surface area contributed by atoms with Gasteiger partial charge in [-0.3, -0.25) is 19.4 Å². The lowest BCUT2D eigenvalue weighted by Gasteiger charge is -2.22. The number of hydrogen-bond acceptors (Lipinski definition) is 5. The van der Waals surface area contributed by atoms with E-state index in [-0.39, 0.29) is 29.6 Å². The van der Waals surface area contributed by atoms with Crippen molar-refractivity contribution in [3.63, 3.8) is 0 Å². The Hall–Kier alpha value is -2.74. The molecule has 1 unspecified atom stereocenters. The molecule has 8 heteroatoms. The Labute approximate surface area is 186 Å². The van der Waals surface area contributed by atoms with Crippen molar-refractivity contribution in [2.45, 2.75) is 51.9 Å². The summed E-state index contributed by atoms with van der Waals surface area (Å²) in [5.41, 5.74) is 2.17. The number of hydrogen-bond donors (Lipinski definition) is 3. The van der Waals surface area contributed by atoms with Crippen LogP contribution in [0.1, 0.15) is 59.8 Å². The van der Waals surface area contributed by atoms with Gasteiger partial charge in [-0.2, -0.15) is 0 Å². The second kappa shape index (κ2) is 9.60. The van der Waals surface area contributed by atoms with Gasteiger partial charge in [-0.25, -0.2) is 0 Å². The molecule has 2 heterocycles. The predicted octanol–water partition coefficient (Wildman–Crippen LogP) is 3.77. The van der Waals surface area contributed by atoms with E-state index in [2.05, 4.69) is 27.9 Å². The number of anilines is 2. The predicted molar refractivity (Wildman–Crippen MR) is 121 cm³/mol. The second-order valence-electron chi connectivity index (χ2n) is 8.25. The first-order chi connectivity index (χ1) is 15.1. The summed E-state index contributed by atoms with van der Waals surface area (Å²) in [6, 6.07) is 3.52. The summed E-state index contributed by atoms with van der Waals surface area (Å²) >= 11 is 1.49. The number of amides is 3. The van der Waals surface area contributed by atoms with Crippen molar-refractivity contribution in [1.29, 1.82) is 0 Å². The molecule has 2 aromatic rings. The number of unbranched alkanes of at least 4 members (excludes halogenated alkanes) is 1. The zero-order valence-corrected chi connectivity index (χ0v) is 18.5. The summed E-state index contributed by atoms with van der Waals surface area (Å²) < 4.78 is 0. The number of carbonyl (C=O) groups is 3. The van der Waals surface area contributed by atoms with Gasteiger partial charge >= 0.3 is 0 Å². The molecule has 31 heavy (non-hydrogen) atoms. The zero-order chi connectivity index (χ0) is 21.8. The monoisotopic (exact) mass is 440 g/mol. The van der Waals surface area contributed by atoms with E-state index in [1.807, 2.05) is 0 Å². The number of aryl methyl sites for hydroxylation is 1. The van der Waals surface area contributed by atoms with Gasteiger partial charge in [0.25, 0.3) is 5.91 Å². The molecule has 1 atom stereocenters. The standard InChI is InChI=1S/C23H28N4O3S/c1-2-3-10-25-22(30)19-17-13-15(21(29)26-16-8-11-24-12-9-16)6-7-18(17)31-23(19)27-20(28)14-4-5-14/h8-9,11-12,14-15H,2-7,10,13H2,1H3,(H,25,30)(H,27,28)(H,24,26,29). The molecule has 0 radical (unpaired) electrons. The fraction of sp³-hybridized carbons (Fsp3) is 0.478. The molecule has 1 fully saturated rings.